The highest BCUT2D eigenvalue weighted by Gasteiger charge is 2.36. The molecule has 118 valence electrons. The van der Waals surface area contributed by atoms with Crippen LogP contribution in [0.3, 0.4) is 0 Å². The third-order valence-electron chi connectivity index (χ3n) is 4.17. The van der Waals surface area contributed by atoms with Gasteiger partial charge in [0.25, 0.3) is 0 Å². The van der Waals surface area contributed by atoms with Gasteiger partial charge in [-0.3, -0.25) is 14.5 Å². The monoisotopic (exact) mass is 308 g/mol. The number of nitrogens with one attached hydrogen (secondary N) is 1. The van der Waals surface area contributed by atoms with E-state index in [9.17, 15) is 9.59 Å². The summed E-state index contributed by atoms with van der Waals surface area (Å²) in [5.41, 5.74) is 4.10. The Balaban J connectivity index is 1.73. The van der Waals surface area contributed by atoms with Crippen LogP contribution in [-0.2, 0) is 22.6 Å². The minimum absolute atomic E-state index is 0.106. The van der Waals surface area contributed by atoms with Gasteiger partial charge in [-0.15, -0.1) is 0 Å². The fourth-order valence-corrected chi connectivity index (χ4v) is 3.11. The number of hydrogen-bond acceptors (Lipinski definition) is 2. The van der Waals surface area contributed by atoms with Crippen molar-refractivity contribution in [2.75, 3.05) is 4.90 Å². The largest absolute Gasteiger partial charge is 0.350 e. The average molecular weight is 308 g/mol. The minimum Gasteiger partial charge on any atom is -0.350 e. The van der Waals surface area contributed by atoms with Crippen molar-refractivity contribution in [2.45, 2.75) is 32.9 Å². The third-order valence-corrected chi connectivity index (χ3v) is 4.17. The molecule has 1 heterocycles. The first-order chi connectivity index (χ1) is 11.1. The number of amides is 2. The van der Waals surface area contributed by atoms with Crippen LogP contribution >= 0.6 is 0 Å². The smallest absolute Gasteiger partial charge is 0.243 e. The summed E-state index contributed by atoms with van der Waals surface area (Å²) >= 11 is 0. The molecule has 2 aromatic rings. The maximum absolute atomic E-state index is 12.6. The molecule has 0 saturated carbocycles. The second-order valence-corrected chi connectivity index (χ2v) is 5.94. The quantitative estimate of drug-likeness (QED) is 0.947. The lowest BCUT2D eigenvalue weighted by Crippen LogP contribution is -2.47. The zero-order valence-electron chi connectivity index (χ0n) is 13.4. The van der Waals surface area contributed by atoms with E-state index < -0.39 is 6.04 Å². The lowest BCUT2D eigenvalue weighted by Gasteiger charge is -2.23. The van der Waals surface area contributed by atoms with E-state index in [-0.39, 0.29) is 11.8 Å². The molecule has 1 unspecified atom stereocenters. The lowest BCUT2D eigenvalue weighted by atomic mass is 10.1. The molecule has 4 heteroatoms. The van der Waals surface area contributed by atoms with Gasteiger partial charge in [0.05, 0.1) is 0 Å². The van der Waals surface area contributed by atoms with Gasteiger partial charge in [-0.2, -0.15) is 0 Å². The number of carbonyl (C=O) groups excluding carboxylic acids is 2. The molecule has 1 aliphatic heterocycles. The predicted octanol–water partition coefficient (Wildman–Crippen LogP) is 2.59. The van der Waals surface area contributed by atoms with Crippen molar-refractivity contribution in [3.05, 3.63) is 65.2 Å². The van der Waals surface area contributed by atoms with Crippen molar-refractivity contribution in [2.24, 2.45) is 0 Å². The molecule has 0 aromatic heterocycles. The number of para-hydroxylation sites is 1. The van der Waals surface area contributed by atoms with Gasteiger partial charge in [-0.05, 0) is 24.1 Å². The van der Waals surface area contributed by atoms with E-state index >= 15 is 0 Å². The van der Waals surface area contributed by atoms with Crippen LogP contribution in [0.5, 0.6) is 0 Å². The SMILES string of the molecule is CC(=O)N1c2ccccc2CC1C(=O)NCc1cccc(C)c1. The van der Waals surface area contributed by atoms with Crippen molar-refractivity contribution in [3.63, 3.8) is 0 Å². The lowest BCUT2D eigenvalue weighted by molar-refractivity contribution is -0.125. The standard InChI is InChI=1S/C19H20N2O2/c1-13-6-5-7-15(10-13)12-20-19(23)18-11-16-8-3-4-9-17(16)21(18)14(2)22/h3-10,18H,11-12H2,1-2H3,(H,20,23). The van der Waals surface area contributed by atoms with E-state index in [0.29, 0.717) is 13.0 Å². The number of hydrogen-bond donors (Lipinski definition) is 1. The van der Waals surface area contributed by atoms with Crippen molar-refractivity contribution in [1.29, 1.82) is 0 Å². The van der Waals surface area contributed by atoms with E-state index in [1.54, 1.807) is 4.90 Å². The highest BCUT2D eigenvalue weighted by atomic mass is 16.2. The van der Waals surface area contributed by atoms with Gasteiger partial charge in [0.2, 0.25) is 11.8 Å². The van der Waals surface area contributed by atoms with Gasteiger partial charge in [0, 0.05) is 25.6 Å². The Hall–Kier alpha value is -2.62. The van der Waals surface area contributed by atoms with Crippen LogP contribution in [0.15, 0.2) is 48.5 Å². The van der Waals surface area contributed by atoms with Crippen LogP contribution in [0.25, 0.3) is 0 Å². The van der Waals surface area contributed by atoms with Gasteiger partial charge in [-0.1, -0.05) is 48.0 Å². The number of anilines is 1. The molecule has 4 nitrogen and oxygen atoms in total. The van der Waals surface area contributed by atoms with Crippen LogP contribution in [0.4, 0.5) is 5.69 Å². The van der Waals surface area contributed by atoms with Crippen LogP contribution in [0.2, 0.25) is 0 Å². The van der Waals surface area contributed by atoms with E-state index in [0.717, 1.165) is 22.4 Å². The van der Waals surface area contributed by atoms with E-state index in [1.807, 2.05) is 55.5 Å². The molecule has 0 saturated heterocycles. The van der Waals surface area contributed by atoms with Gasteiger partial charge < -0.3 is 5.32 Å². The zero-order chi connectivity index (χ0) is 16.4. The number of nitrogens with zero attached hydrogens (tertiary/aromatic N) is 1. The zero-order valence-corrected chi connectivity index (χ0v) is 13.4. The summed E-state index contributed by atoms with van der Waals surface area (Å²) in [5, 5.41) is 2.95. The molecular formula is C19H20N2O2. The summed E-state index contributed by atoms with van der Waals surface area (Å²) in [6.07, 6.45) is 0.565. The van der Waals surface area contributed by atoms with Gasteiger partial charge in [0.1, 0.15) is 6.04 Å². The summed E-state index contributed by atoms with van der Waals surface area (Å²) in [7, 11) is 0. The molecule has 1 N–H and O–H groups in total. The Labute approximate surface area is 136 Å². The molecule has 23 heavy (non-hydrogen) atoms. The fourth-order valence-electron chi connectivity index (χ4n) is 3.11. The van der Waals surface area contributed by atoms with Gasteiger partial charge >= 0.3 is 0 Å². The molecule has 2 amide bonds. The average Bonchev–Trinajstić information content (AvgIpc) is 2.92. The molecule has 0 aliphatic carbocycles. The number of rotatable bonds is 3. The van der Waals surface area contributed by atoms with Crippen LogP contribution < -0.4 is 10.2 Å². The maximum Gasteiger partial charge on any atom is 0.243 e. The first-order valence-corrected chi connectivity index (χ1v) is 7.77. The summed E-state index contributed by atoms with van der Waals surface area (Å²) < 4.78 is 0. The minimum atomic E-state index is -0.463. The van der Waals surface area contributed by atoms with Crippen LogP contribution in [0.1, 0.15) is 23.6 Å². The van der Waals surface area contributed by atoms with Gasteiger partial charge in [-0.25, -0.2) is 0 Å². The first-order valence-electron chi connectivity index (χ1n) is 7.77. The Morgan fingerprint density at radius 3 is 2.70 bits per heavy atom. The maximum atomic E-state index is 12.6. The normalized spacial score (nSPS) is 16.1. The van der Waals surface area contributed by atoms with E-state index in [1.165, 1.54) is 6.92 Å². The van der Waals surface area contributed by atoms with Crippen molar-refractivity contribution in [3.8, 4) is 0 Å². The summed E-state index contributed by atoms with van der Waals surface area (Å²) in [5.74, 6) is -0.219. The Bertz CT molecular complexity index is 755. The summed E-state index contributed by atoms with van der Waals surface area (Å²) in [4.78, 5) is 26.2. The summed E-state index contributed by atoms with van der Waals surface area (Å²) in [6, 6.07) is 15.3. The molecule has 3 rings (SSSR count). The molecular weight excluding hydrogens is 288 g/mol. The van der Waals surface area contributed by atoms with Crippen LogP contribution in [0, 0.1) is 6.92 Å². The second-order valence-electron chi connectivity index (χ2n) is 5.94. The molecule has 0 fully saturated rings. The molecule has 1 atom stereocenters. The van der Waals surface area contributed by atoms with Crippen molar-refractivity contribution in [1.82, 2.24) is 5.32 Å². The molecule has 0 spiro atoms. The third kappa shape index (κ3) is 3.11. The number of carbonyl (C=O) groups is 2. The molecule has 2 aromatic carbocycles. The Morgan fingerprint density at radius 2 is 1.96 bits per heavy atom. The topological polar surface area (TPSA) is 49.4 Å². The van der Waals surface area contributed by atoms with Crippen molar-refractivity contribution >= 4 is 17.5 Å². The number of fused-ring (bicyclic) bond motifs is 1. The van der Waals surface area contributed by atoms with Crippen molar-refractivity contribution < 1.29 is 9.59 Å². The number of aryl methyl sites for hydroxylation is 1. The Morgan fingerprint density at radius 1 is 1.17 bits per heavy atom. The fraction of sp³-hybridized carbons (Fsp3) is 0.263. The first kappa shape index (κ1) is 15.3. The summed E-state index contributed by atoms with van der Waals surface area (Å²) in [6.45, 7) is 4.00. The van der Waals surface area contributed by atoms with Gasteiger partial charge in [0.15, 0.2) is 0 Å². The number of benzene rings is 2. The van der Waals surface area contributed by atoms with E-state index in [4.69, 9.17) is 0 Å². The molecule has 1 aliphatic rings. The highest BCUT2D eigenvalue weighted by molar-refractivity contribution is 6.02. The molecule has 0 radical (unpaired) electrons. The highest BCUT2D eigenvalue weighted by Crippen LogP contribution is 2.32. The van der Waals surface area contributed by atoms with Crippen LogP contribution in [-0.4, -0.2) is 17.9 Å². The Kier molecular flexibility index (Phi) is 4.15. The predicted molar refractivity (Wildman–Crippen MR) is 90.1 cm³/mol. The van der Waals surface area contributed by atoms with E-state index in [2.05, 4.69) is 5.32 Å². The molecule has 0 bridgehead atoms. The second kappa shape index (κ2) is 6.24.